The summed E-state index contributed by atoms with van der Waals surface area (Å²) in [6, 6.07) is 8.16. The van der Waals surface area contributed by atoms with Crippen molar-refractivity contribution in [2.45, 2.75) is 33.7 Å². The van der Waals surface area contributed by atoms with E-state index in [0.29, 0.717) is 28.1 Å². The second-order valence-electron chi connectivity index (χ2n) is 8.65. The largest absolute Gasteiger partial charge is 0.507 e. The highest BCUT2D eigenvalue weighted by molar-refractivity contribution is 7.17. The summed E-state index contributed by atoms with van der Waals surface area (Å²) in [5, 5.41) is 21.8. The molecule has 39 heavy (non-hydrogen) atoms. The Kier molecular flexibility index (Phi) is 7.91. The molecule has 10 nitrogen and oxygen atoms in total. The number of Topliss-reactive ketones (excluding diaryl/α,β-unsaturated/α-hetero) is 1. The van der Waals surface area contributed by atoms with Crippen molar-refractivity contribution < 1.29 is 38.8 Å². The predicted molar refractivity (Wildman–Crippen MR) is 145 cm³/mol. The SMILES string of the molecule is CCOC(=O)c1sc(N2C(=O)C(=O)C(=C(O)c3ccc(OC)c(C)c3)[C@H]2c2ccc(O)c(OCC)c2)nc1C. The second-order valence-corrected chi connectivity index (χ2v) is 9.62. The molecular weight excluding hydrogens is 524 g/mol. The summed E-state index contributed by atoms with van der Waals surface area (Å²) in [6.07, 6.45) is 0. The van der Waals surface area contributed by atoms with Crippen LogP contribution in [-0.4, -0.2) is 53.2 Å². The number of aromatic hydroxyl groups is 1. The molecule has 0 radical (unpaired) electrons. The zero-order valence-corrected chi connectivity index (χ0v) is 22.9. The number of thiazole rings is 1. The number of aliphatic hydroxyl groups excluding tert-OH is 1. The van der Waals surface area contributed by atoms with E-state index in [9.17, 15) is 24.6 Å². The predicted octanol–water partition coefficient (Wildman–Crippen LogP) is 4.68. The van der Waals surface area contributed by atoms with Crippen LogP contribution in [0.2, 0.25) is 0 Å². The summed E-state index contributed by atoms with van der Waals surface area (Å²) in [4.78, 5) is 45.2. The van der Waals surface area contributed by atoms with Crippen LogP contribution in [0, 0.1) is 13.8 Å². The Morgan fingerprint density at radius 2 is 1.82 bits per heavy atom. The van der Waals surface area contributed by atoms with Crippen molar-refractivity contribution in [1.82, 2.24) is 4.98 Å². The van der Waals surface area contributed by atoms with Crippen LogP contribution in [0.5, 0.6) is 17.2 Å². The van der Waals surface area contributed by atoms with Gasteiger partial charge in [0.2, 0.25) is 0 Å². The summed E-state index contributed by atoms with van der Waals surface area (Å²) in [7, 11) is 1.52. The molecule has 0 spiro atoms. The molecule has 204 valence electrons. The van der Waals surface area contributed by atoms with Crippen molar-refractivity contribution >= 4 is 39.9 Å². The molecule has 2 aromatic carbocycles. The molecule has 2 heterocycles. The number of anilines is 1. The van der Waals surface area contributed by atoms with Gasteiger partial charge in [-0.3, -0.25) is 14.5 Å². The fourth-order valence-electron chi connectivity index (χ4n) is 4.37. The van der Waals surface area contributed by atoms with Gasteiger partial charge in [-0.2, -0.15) is 0 Å². The van der Waals surface area contributed by atoms with E-state index in [1.807, 2.05) is 0 Å². The number of carbonyl (C=O) groups excluding carboxylic acids is 3. The molecule has 1 aromatic heterocycles. The minimum Gasteiger partial charge on any atom is -0.507 e. The van der Waals surface area contributed by atoms with Gasteiger partial charge >= 0.3 is 11.9 Å². The Morgan fingerprint density at radius 1 is 1.08 bits per heavy atom. The summed E-state index contributed by atoms with van der Waals surface area (Å²) in [5.74, 6) is -2.24. The quantitative estimate of drug-likeness (QED) is 0.177. The van der Waals surface area contributed by atoms with Crippen molar-refractivity contribution in [2.75, 3.05) is 25.2 Å². The van der Waals surface area contributed by atoms with Gasteiger partial charge in [0.1, 0.15) is 16.4 Å². The molecule has 2 N–H and O–H groups in total. The normalized spacial score (nSPS) is 16.4. The van der Waals surface area contributed by atoms with Crippen LogP contribution < -0.4 is 14.4 Å². The van der Waals surface area contributed by atoms with Gasteiger partial charge < -0.3 is 24.4 Å². The lowest BCUT2D eigenvalue weighted by molar-refractivity contribution is -0.132. The number of methoxy groups -OCH3 is 1. The fourth-order valence-corrected chi connectivity index (χ4v) is 5.36. The number of phenolic OH excluding ortho intramolecular Hbond substituents is 1. The number of aliphatic hydroxyl groups is 1. The third-order valence-corrected chi connectivity index (χ3v) is 7.30. The molecule has 0 aliphatic carbocycles. The van der Waals surface area contributed by atoms with Gasteiger partial charge in [-0.1, -0.05) is 17.4 Å². The van der Waals surface area contributed by atoms with E-state index in [-0.39, 0.29) is 40.3 Å². The topological polar surface area (TPSA) is 135 Å². The Hall–Kier alpha value is -4.38. The number of benzene rings is 2. The van der Waals surface area contributed by atoms with Gasteiger partial charge in [0.05, 0.1) is 37.6 Å². The summed E-state index contributed by atoms with van der Waals surface area (Å²) >= 11 is 0.909. The van der Waals surface area contributed by atoms with Crippen LogP contribution in [0.25, 0.3) is 5.76 Å². The molecule has 1 aliphatic heterocycles. The van der Waals surface area contributed by atoms with Crippen LogP contribution in [0.15, 0.2) is 42.0 Å². The van der Waals surface area contributed by atoms with Crippen LogP contribution in [-0.2, 0) is 14.3 Å². The number of amides is 1. The third kappa shape index (κ3) is 5.05. The molecule has 0 unspecified atom stereocenters. The number of ketones is 1. The fraction of sp³-hybridized carbons (Fsp3) is 0.286. The van der Waals surface area contributed by atoms with Gasteiger partial charge in [0.25, 0.3) is 5.78 Å². The number of nitrogens with zero attached hydrogens (tertiary/aromatic N) is 2. The number of hydrogen-bond acceptors (Lipinski definition) is 10. The maximum Gasteiger partial charge on any atom is 0.350 e. The Bertz CT molecular complexity index is 1490. The number of aromatic nitrogens is 1. The standard InChI is InChI=1S/C28H28N2O8S/c1-6-37-20-13-16(8-10-18(20)31)22-21(23(32)17-9-11-19(36-5)14(3)12-17)24(33)26(34)30(22)28-29-15(4)25(39-28)27(35)38-7-2/h8-13,22,31-32H,6-7H2,1-5H3/t22-/m1/s1. The average Bonchev–Trinajstić information content (AvgIpc) is 3.41. The lowest BCUT2D eigenvalue weighted by Crippen LogP contribution is -2.29. The molecule has 0 bridgehead atoms. The number of aryl methyl sites for hydroxylation is 2. The molecule has 1 saturated heterocycles. The van der Waals surface area contributed by atoms with Crippen LogP contribution in [0.3, 0.4) is 0 Å². The van der Waals surface area contributed by atoms with Gasteiger partial charge in [-0.25, -0.2) is 9.78 Å². The van der Waals surface area contributed by atoms with E-state index < -0.39 is 29.5 Å². The molecular formula is C28H28N2O8S. The number of rotatable bonds is 8. The van der Waals surface area contributed by atoms with E-state index in [1.165, 1.54) is 25.3 Å². The first-order chi connectivity index (χ1) is 18.6. The summed E-state index contributed by atoms with van der Waals surface area (Å²) < 4.78 is 15.9. The van der Waals surface area contributed by atoms with Gasteiger partial charge in [-0.05, 0) is 69.2 Å². The van der Waals surface area contributed by atoms with Gasteiger partial charge in [0.15, 0.2) is 16.6 Å². The highest BCUT2D eigenvalue weighted by atomic mass is 32.1. The first-order valence-corrected chi connectivity index (χ1v) is 13.0. The van der Waals surface area contributed by atoms with Crippen LogP contribution in [0.4, 0.5) is 5.13 Å². The van der Waals surface area contributed by atoms with Crippen molar-refractivity contribution in [1.29, 1.82) is 0 Å². The molecule has 3 aromatic rings. The number of esters is 1. The summed E-state index contributed by atoms with van der Waals surface area (Å²) in [5.41, 5.74) is 1.56. The van der Waals surface area contributed by atoms with E-state index in [0.717, 1.165) is 16.2 Å². The number of ether oxygens (including phenoxy) is 3. The molecule has 1 aliphatic rings. The first-order valence-electron chi connectivity index (χ1n) is 12.2. The zero-order chi connectivity index (χ0) is 28.4. The molecule has 11 heteroatoms. The van der Waals surface area contributed by atoms with E-state index in [4.69, 9.17) is 14.2 Å². The number of hydrogen-bond donors (Lipinski definition) is 2. The molecule has 1 atom stereocenters. The van der Waals surface area contributed by atoms with Gasteiger partial charge in [-0.15, -0.1) is 0 Å². The van der Waals surface area contributed by atoms with E-state index in [2.05, 4.69) is 4.98 Å². The Labute approximate surface area is 229 Å². The Morgan fingerprint density at radius 3 is 2.46 bits per heavy atom. The minimum absolute atomic E-state index is 0.0821. The molecule has 4 rings (SSSR count). The van der Waals surface area contributed by atoms with Crippen LogP contribution in [0.1, 0.15) is 51.9 Å². The smallest absolute Gasteiger partial charge is 0.350 e. The molecule has 0 saturated carbocycles. The zero-order valence-electron chi connectivity index (χ0n) is 22.1. The number of phenols is 1. The maximum atomic E-state index is 13.5. The van der Waals surface area contributed by atoms with Crippen molar-refractivity contribution in [3.63, 3.8) is 0 Å². The summed E-state index contributed by atoms with van der Waals surface area (Å²) in [6.45, 7) is 7.23. The lowest BCUT2D eigenvalue weighted by atomic mass is 9.94. The first kappa shape index (κ1) is 27.6. The van der Waals surface area contributed by atoms with E-state index >= 15 is 0 Å². The highest BCUT2D eigenvalue weighted by Crippen LogP contribution is 2.45. The Balaban J connectivity index is 1.95. The number of carbonyl (C=O) groups is 3. The van der Waals surface area contributed by atoms with Crippen molar-refractivity contribution in [2.24, 2.45) is 0 Å². The monoisotopic (exact) mass is 552 g/mol. The van der Waals surface area contributed by atoms with Crippen LogP contribution >= 0.6 is 11.3 Å². The molecule has 1 fully saturated rings. The van der Waals surface area contributed by atoms with Gasteiger partial charge in [0, 0.05) is 5.56 Å². The average molecular weight is 553 g/mol. The van der Waals surface area contributed by atoms with Crippen molar-refractivity contribution in [3.05, 3.63) is 69.2 Å². The minimum atomic E-state index is -1.13. The second kappa shape index (κ2) is 11.2. The highest BCUT2D eigenvalue weighted by Gasteiger charge is 2.48. The van der Waals surface area contributed by atoms with Crippen molar-refractivity contribution in [3.8, 4) is 17.2 Å². The molecule has 1 amide bonds. The van der Waals surface area contributed by atoms with E-state index in [1.54, 1.807) is 45.9 Å². The third-order valence-electron chi connectivity index (χ3n) is 6.16. The lowest BCUT2D eigenvalue weighted by Gasteiger charge is -2.23. The maximum absolute atomic E-state index is 13.5.